The molecule has 0 spiro atoms. The molecule has 0 radical (unpaired) electrons. The first-order valence-corrected chi connectivity index (χ1v) is 12.6. The maximum atomic E-state index is 13.2. The van der Waals surface area contributed by atoms with Gasteiger partial charge in [0.15, 0.2) is 0 Å². The Morgan fingerprint density at radius 2 is 1.51 bits per heavy atom. The fraction of sp³-hybridized carbons (Fsp3) is 0.464. The van der Waals surface area contributed by atoms with Crippen molar-refractivity contribution >= 4 is 18.0 Å². The van der Waals surface area contributed by atoms with Crippen LogP contribution in [-0.2, 0) is 14.3 Å². The van der Waals surface area contributed by atoms with Crippen LogP contribution in [0.2, 0.25) is 0 Å². The summed E-state index contributed by atoms with van der Waals surface area (Å²) in [6.07, 6.45) is 4.78. The van der Waals surface area contributed by atoms with Crippen LogP contribution in [0.4, 0.5) is 4.79 Å². The van der Waals surface area contributed by atoms with Crippen molar-refractivity contribution in [3.8, 4) is 11.1 Å². The second kappa shape index (κ2) is 9.72. The Morgan fingerprint density at radius 3 is 2.11 bits per heavy atom. The summed E-state index contributed by atoms with van der Waals surface area (Å²) in [4.78, 5) is 37.0. The molecule has 0 saturated heterocycles. The summed E-state index contributed by atoms with van der Waals surface area (Å²) in [5.41, 5.74) is 4.00. The Balaban J connectivity index is 1.19. The van der Waals surface area contributed by atoms with Crippen LogP contribution in [0.3, 0.4) is 0 Å². The molecule has 0 aromatic heterocycles. The fourth-order valence-corrected chi connectivity index (χ4v) is 5.88. The molecule has 2 amide bonds. The van der Waals surface area contributed by atoms with Crippen molar-refractivity contribution in [2.24, 2.45) is 11.3 Å². The van der Waals surface area contributed by atoms with E-state index in [1.165, 1.54) is 11.1 Å². The highest BCUT2D eigenvalue weighted by Gasteiger charge is 2.43. The number of ether oxygens (including phenoxy) is 1. The van der Waals surface area contributed by atoms with Gasteiger partial charge in [0.05, 0.1) is 11.3 Å². The standard InChI is InChI=1S/C28H32N2O5/c31-25(32)18-14-19(15-18)30-26(33)28(12-6-1-7-13-28)17-29-27(34)35-16-24-22-10-4-2-8-20(22)21-9-3-5-11-23(21)24/h2-5,8-11,18-19,24H,1,6-7,12-17H2,(H,29,34)(H,30,33)(H,31,32). The second-order valence-electron chi connectivity index (χ2n) is 10.2. The average Bonchev–Trinajstić information content (AvgIpc) is 3.17. The predicted octanol–water partition coefficient (Wildman–Crippen LogP) is 4.46. The van der Waals surface area contributed by atoms with Crippen LogP contribution in [0.25, 0.3) is 11.1 Å². The molecule has 7 nitrogen and oxygen atoms in total. The van der Waals surface area contributed by atoms with Gasteiger partial charge in [-0.15, -0.1) is 0 Å². The number of alkyl carbamates (subject to hydrolysis) is 1. The third-order valence-corrected chi connectivity index (χ3v) is 8.03. The van der Waals surface area contributed by atoms with Crippen molar-refractivity contribution in [1.29, 1.82) is 0 Å². The van der Waals surface area contributed by atoms with Crippen LogP contribution in [0.5, 0.6) is 0 Å². The highest BCUT2D eigenvalue weighted by atomic mass is 16.5. The molecule has 7 heteroatoms. The van der Waals surface area contributed by atoms with E-state index in [2.05, 4.69) is 34.9 Å². The second-order valence-corrected chi connectivity index (χ2v) is 10.2. The highest BCUT2D eigenvalue weighted by molar-refractivity contribution is 5.84. The summed E-state index contributed by atoms with van der Waals surface area (Å²) in [6, 6.07) is 16.3. The molecule has 184 valence electrons. The normalized spacial score (nSPS) is 22.3. The lowest BCUT2D eigenvalue weighted by molar-refractivity contribution is -0.147. The number of carbonyl (C=O) groups excluding carboxylic acids is 2. The van der Waals surface area contributed by atoms with E-state index < -0.39 is 17.5 Å². The number of rotatable bonds is 7. The Hall–Kier alpha value is -3.35. The maximum Gasteiger partial charge on any atom is 0.407 e. The van der Waals surface area contributed by atoms with Gasteiger partial charge >= 0.3 is 12.1 Å². The summed E-state index contributed by atoms with van der Waals surface area (Å²) >= 11 is 0. The third-order valence-electron chi connectivity index (χ3n) is 8.03. The molecular weight excluding hydrogens is 444 g/mol. The fourth-order valence-electron chi connectivity index (χ4n) is 5.88. The van der Waals surface area contributed by atoms with Crippen molar-refractivity contribution < 1.29 is 24.2 Å². The van der Waals surface area contributed by atoms with Crippen LogP contribution in [0, 0.1) is 11.3 Å². The molecule has 2 saturated carbocycles. The molecule has 3 aliphatic carbocycles. The van der Waals surface area contributed by atoms with Crippen molar-refractivity contribution in [3.63, 3.8) is 0 Å². The molecule has 3 aliphatic rings. The van der Waals surface area contributed by atoms with Crippen LogP contribution in [0.15, 0.2) is 48.5 Å². The number of hydrogen-bond acceptors (Lipinski definition) is 4. The minimum absolute atomic E-state index is 0.0131. The van der Waals surface area contributed by atoms with Crippen molar-refractivity contribution in [3.05, 3.63) is 59.7 Å². The summed E-state index contributed by atoms with van der Waals surface area (Å²) in [7, 11) is 0. The zero-order valence-corrected chi connectivity index (χ0v) is 19.8. The predicted molar refractivity (Wildman–Crippen MR) is 131 cm³/mol. The topological polar surface area (TPSA) is 105 Å². The van der Waals surface area contributed by atoms with E-state index in [-0.39, 0.29) is 36.9 Å². The molecule has 5 rings (SSSR count). The minimum atomic E-state index is -0.806. The average molecular weight is 477 g/mol. The molecule has 2 aromatic carbocycles. The molecule has 2 aromatic rings. The lowest BCUT2D eigenvalue weighted by Crippen LogP contribution is -2.55. The van der Waals surface area contributed by atoms with Gasteiger partial charge in [0.2, 0.25) is 5.91 Å². The summed E-state index contributed by atoms with van der Waals surface area (Å²) in [5.74, 6) is -1.27. The summed E-state index contributed by atoms with van der Waals surface area (Å²) in [6.45, 7) is 0.461. The minimum Gasteiger partial charge on any atom is -0.481 e. The van der Waals surface area contributed by atoms with Gasteiger partial charge < -0.3 is 20.5 Å². The van der Waals surface area contributed by atoms with Gasteiger partial charge in [0.25, 0.3) is 0 Å². The van der Waals surface area contributed by atoms with Crippen molar-refractivity contribution in [2.45, 2.75) is 56.9 Å². The van der Waals surface area contributed by atoms with Gasteiger partial charge in [-0.2, -0.15) is 0 Å². The lowest BCUT2D eigenvalue weighted by atomic mass is 9.72. The van der Waals surface area contributed by atoms with E-state index >= 15 is 0 Å². The number of nitrogens with one attached hydrogen (secondary N) is 2. The van der Waals surface area contributed by atoms with Gasteiger partial charge in [-0.25, -0.2) is 4.79 Å². The number of benzene rings is 2. The number of fused-ring (bicyclic) bond motifs is 3. The summed E-state index contributed by atoms with van der Waals surface area (Å²) in [5, 5.41) is 15.0. The molecule has 2 fully saturated rings. The van der Waals surface area contributed by atoms with E-state index in [0.29, 0.717) is 25.7 Å². The molecule has 0 bridgehead atoms. The van der Waals surface area contributed by atoms with Crippen molar-refractivity contribution in [1.82, 2.24) is 10.6 Å². The quantitative estimate of drug-likeness (QED) is 0.547. The number of carboxylic acid groups (broad SMARTS) is 1. The molecule has 0 aliphatic heterocycles. The smallest absolute Gasteiger partial charge is 0.407 e. The van der Waals surface area contributed by atoms with Crippen LogP contribution >= 0.6 is 0 Å². The van der Waals surface area contributed by atoms with E-state index in [4.69, 9.17) is 9.84 Å². The van der Waals surface area contributed by atoms with E-state index in [1.807, 2.05) is 24.3 Å². The third kappa shape index (κ3) is 4.64. The first kappa shape index (κ1) is 23.4. The first-order chi connectivity index (χ1) is 17.0. The lowest BCUT2D eigenvalue weighted by Gasteiger charge is -2.40. The molecule has 0 heterocycles. The largest absolute Gasteiger partial charge is 0.481 e. The SMILES string of the molecule is O=C(NCC1(C(=O)NC2CC(C(=O)O)C2)CCCCC1)OCC1c2ccccc2-c2ccccc21. The van der Waals surface area contributed by atoms with Gasteiger partial charge in [0.1, 0.15) is 6.61 Å². The Labute approximate surface area is 205 Å². The van der Waals surface area contributed by atoms with E-state index in [0.717, 1.165) is 30.4 Å². The number of aliphatic carboxylic acids is 1. The number of carbonyl (C=O) groups is 3. The first-order valence-electron chi connectivity index (χ1n) is 12.6. The van der Waals surface area contributed by atoms with E-state index in [9.17, 15) is 14.4 Å². The number of amides is 2. The molecule has 0 unspecified atom stereocenters. The molecule has 35 heavy (non-hydrogen) atoms. The number of hydrogen-bond donors (Lipinski definition) is 3. The molecule has 0 atom stereocenters. The van der Waals surface area contributed by atoms with Gasteiger partial charge in [-0.3, -0.25) is 9.59 Å². The Kier molecular flexibility index (Phi) is 6.50. The Bertz CT molecular complexity index is 1070. The molecule has 3 N–H and O–H groups in total. The van der Waals surface area contributed by atoms with Gasteiger partial charge in [-0.1, -0.05) is 67.8 Å². The monoisotopic (exact) mass is 476 g/mol. The van der Waals surface area contributed by atoms with Gasteiger partial charge in [-0.05, 0) is 47.9 Å². The summed E-state index contributed by atoms with van der Waals surface area (Å²) < 4.78 is 5.66. The highest BCUT2D eigenvalue weighted by Crippen LogP contribution is 2.44. The Morgan fingerprint density at radius 1 is 0.914 bits per heavy atom. The maximum absolute atomic E-state index is 13.2. The van der Waals surface area contributed by atoms with Crippen LogP contribution in [-0.4, -0.2) is 42.3 Å². The number of carboxylic acids is 1. The van der Waals surface area contributed by atoms with Crippen molar-refractivity contribution in [2.75, 3.05) is 13.2 Å². The van der Waals surface area contributed by atoms with Crippen LogP contribution < -0.4 is 10.6 Å². The zero-order chi connectivity index (χ0) is 24.4. The van der Waals surface area contributed by atoms with Gasteiger partial charge in [0, 0.05) is 18.5 Å². The van der Waals surface area contributed by atoms with E-state index in [1.54, 1.807) is 0 Å². The van der Waals surface area contributed by atoms with Crippen LogP contribution in [0.1, 0.15) is 62.0 Å². The molecular formula is C28H32N2O5. The zero-order valence-electron chi connectivity index (χ0n) is 19.8.